The Bertz CT molecular complexity index is 2100. The van der Waals surface area contributed by atoms with Gasteiger partial charge in [-0.2, -0.15) is 0 Å². The Morgan fingerprint density at radius 2 is 1.48 bits per heavy atom. The number of amides is 1. The number of benzene rings is 4. The molecular formula is C49H57BrN2O8. The van der Waals surface area contributed by atoms with Gasteiger partial charge in [-0.25, -0.2) is 0 Å². The first-order chi connectivity index (χ1) is 29.3. The smallest absolute Gasteiger partial charge is 0.252 e. The highest BCUT2D eigenvalue weighted by molar-refractivity contribution is 9.10. The number of aldehydes is 1. The maximum absolute atomic E-state index is 11.9. The zero-order valence-corrected chi connectivity index (χ0v) is 36.5. The van der Waals surface area contributed by atoms with E-state index in [1.807, 2.05) is 56.3 Å². The molecule has 5 aliphatic rings. The minimum absolute atomic E-state index is 0.00797. The number of piperidine rings is 1. The van der Waals surface area contributed by atoms with E-state index in [1.165, 1.54) is 28.3 Å². The van der Waals surface area contributed by atoms with Crippen LogP contribution in [0.5, 0.6) is 23.0 Å². The Morgan fingerprint density at radius 1 is 0.833 bits per heavy atom. The molecule has 0 radical (unpaired) electrons. The zero-order valence-electron chi connectivity index (χ0n) is 34.9. The van der Waals surface area contributed by atoms with Crippen molar-refractivity contribution < 1.29 is 38.0 Å². The van der Waals surface area contributed by atoms with Crippen LogP contribution < -0.4 is 29.6 Å². The summed E-state index contributed by atoms with van der Waals surface area (Å²) in [7, 11) is 0. The molecular weight excluding hydrogens is 824 g/mol. The quantitative estimate of drug-likeness (QED) is 0.0661. The normalized spacial score (nSPS) is 18.9. The SMILES string of the molecule is Brc1ccc2c(c1)CCO2.C=CC(OCC)OCC.C[C@H]1NCC[C@@H](c2ccc3c(c2)CCO3)[C@@H]1COc1ccc2c(c1)C(=O)NC2.O=C/C=C/c1ccc2c(c1)CCO2. The predicted octanol–water partition coefficient (Wildman–Crippen LogP) is 8.81. The van der Waals surface area contributed by atoms with E-state index in [0.717, 1.165) is 102 Å². The third-order valence-electron chi connectivity index (χ3n) is 11.0. The van der Waals surface area contributed by atoms with Gasteiger partial charge in [-0.3, -0.25) is 9.59 Å². The van der Waals surface area contributed by atoms with Crippen LogP contribution in [0.3, 0.4) is 0 Å². The fourth-order valence-corrected chi connectivity index (χ4v) is 8.30. The second kappa shape index (κ2) is 22.6. The van der Waals surface area contributed by atoms with Crippen molar-refractivity contribution in [3.8, 4) is 23.0 Å². The molecule has 1 fully saturated rings. The molecule has 1 saturated heterocycles. The van der Waals surface area contributed by atoms with Gasteiger partial charge in [-0.05, 0) is 134 Å². The summed E-state index contributed by atoms with van der Waals surface area (Å²) < 4.78 is 33.9. The van der Waals surface area contributed by atoms with Crippen molar-refractivity contribution in [3.63, 3.8) is 0 Å². The van der Waals surface area contributed by atoms with Crippen molar-refractivity contribution in [3.05, 3.63) is 135 Å². The lowest BCUT2D eigenvalue weighted by molar-refractivity contribution is -0.104. The summed E-state index contributed by atoms with van der Waals surface area (Å²) in [5.74, 6) is 4.65. The average Bonchev–Trinajstić information content (AvgIpc) is 4.10. The van der Waals surface area contributed by atoms with Gasteiger partial charge in [-0.1, -0.05) is 52.9 Å². The number of fused-ring (bicyclic) bond motifs is 4. The molecule has 0 unspecified atom stereocenters. The molecule has 5 aliphatic heterocycles. The molecule has 318 valence electrons. The van der Waals surface area contributed by atoms with E-state index in [0.29, 0.717) is 44.2 Å². The molecule has 2 N–H and O–H groups in total. The highest BCUT2D eigenvalue weighted by Crippen LogP contribution is 2.37. The van der Waals surface area contributed by atoms with Crippen molar-refractivity contribution in [1.29, 1.82) is 0 Å². The Labute approximate surface area is 362 Å². The van der Waals surface area contributed by atoms with E-state index in [9.17, 15) is 9.59 Å². The molecule has 0 aliphatic carbocycles. The van der Waals surface area contributed by atoms with E-state index in [-0.39, 0.29) is 12.2 Å². The first kappa shape index (κ1) is 44.6. The van der Waals surface area contributed by atoms with Gasteiger partial charge >= 0.3 is 0 Å². The molecule has 3 atom stereocenters. The van der Waals surface area contributed by atoms with Crippen LogP contribution in [0.2, 0.25) is 0 Å². The lowest BCUT2D eigenvalue weighted by Gasteiger charge is -2.37. The summed E-state index contributed by atoms with van der Waals surface area (Å²) in [5, 5.41) is 6.46. The summed E-state index contributed by atoms with van der Waals surface area (Å²) in [6.45, 7) is 15.6. The summed E-state index contributed by atoms with van der Waals surface area (Å²) >= 11 is 3.41. The lowest BCUT2D eigenvalue weighted by Crippen LogP contribution is -2.45. The van der Waals surface area contributed by atoms with Crippen molar-refractivity contribution >= 4 is 34.2 Å². The molecule has 0 aromatic heterocycles. The Kier molecular flexibility index (Phi) is 16.8. The standard InChI is InChI=1S/C23H26N2O3.C11H10O2.C8H7BrO.C7H14O2/c1-14-21(13-28-18-4-2-17-12-25-23(26)20(17)11-18)19(6-8-24-14)15-3-5-22-16(10-15)7-9-27-22;12-6-1-2-9-3-4-11-10(8-9)5-7-13-11;9-7-1-2-8-6(5-7)3-4-10-8;1-4-7(8-5-2)9-6-3/h2-5,10-11,14,19,21,24H,6-9,12-13H2,1H3,(H,25,26);1-4,6,8H,5,7H2;1-2,5H,3-4H2;4,7H,1,5-6H2,2-3H3/b;2-1+;;/t14-,19+,21-;;;/m1.../s1. The molecule has 0 saturated carbocycles. The molecule has 9 rings (SSSR count). The number of rotatable bonds is 11. The fraction of sp³-hybridized carbons (Fsp3) is 0.388. The Hall–Kier alpha value is -4.94. The van der Waals surface area contributed by atoms with Crippen LogP contribution >= 0.6 is 15.9 Å². The molecule has 0 bridgehead atoms. The second-order valence-corrected chi connectivity index (χ2v) is 15.8. The van der Waals surface area contributed by atoms with E-state index in [2.05, 4.69) is 70.4 Å². The Balaban J connectivity index is 0.000000156. The van der Waals surface area contributed by atoms with Crippen LogP contribution in [0.1, 0.15) is 76.8 Å². The van der Waals surface area contributed by atoms with Gasteiger partial charge in [0.05, 0.1) is 26.4 Å². The summed E-state index contributed by atoms with van der Waals surface area (Å²) in [5.41, 5.74) is 8.09. The maximum Gasteiger partial charge on any atom is 0.252 e. The van der Waals surface area contributed by atoms with Gasteiger partial charge in [0.25, 0.3) is 5.91 Å². The number of carbonyl (C=O) groups excluding carboxylic acids is 2. The van der Waals surface area contributed by atoms with Crippen LogP contribution in [-0.2, 0) is 40.1 Å². The van der Waals surface area contributed by atoms with E-state index in [1.54, 1.807) is 12.2 Å². The molecule has 11 heteroatoms. The minimum Gasteiger partial charge on any atom is -0.493 e. The molecule has 5 heterocycles. The predicted molar refractivity (Wildman–Crippen MR) is 238 cm³/mol. The summed E-state index contributed by atoms with van der Waals surface area (Å²) in [6, 6.07) is 25.0. The van der Waals surface area contributed by atoms with Crippen LogP contribution in [-0.4, -0.2) is 70.7 Å². The van der Waals surface area contributed by atoms with E-state index >= 15 is 0 Å². The first-order valence-electron chi connectivity index (χ1n) is 21.0. The second-order valence-electron chi connectivity index (χ2n) is 14.9. The van der Waals surface area contributed by atoms with Crippen molar-refractivity contribution in [2.45, 2.75) is 71.2 Å². The number of carbonyl (C=O) groups is 2. The van der Waals surface area contributed by atoms with Crippen LogP contribution in [0.25, 0.3) is 6.08 Å². The van der Waals surface area contributed by atoms with E-state index in [4.69, 9.17) is 28.4 Å². The summed E-state index contributed by atoms with van der Waals surface area (Å²) in [4.78, 5) is 22.0. The lowest BCUT2D eigenvalue weighted by atomic mass is 9.77. The maximum atomic E-state index is 11.9. The number of hydrogen-bond acceptors (Lipinski definition) is 9. The van der Waals surface area contributed by atoms with Gasteiger partial charge in [0.2, 0.25) is 0 Å². The molecule has 4 aromatic carbocycles. The number of hydrogen-bond donors (Lipinski definition) is 2. The Morgan fingerprint density at radius 3 is 2.15 bits per heavy atom. The average molecular weight is 882 g/mol. The molecule has 4 aromatic rings. The van der Waals surface area contributed by atoms with Crippen molar-refractivity contribution in [2.75, 3.05) is 46.2 Å². The topological polar surface area (TPSA) is 114 Å². The number of allylic oxidation sites excluding steroid dienone is 1. The van der Waals surface area contributed by atoms with Crippen LogP contribution in [0.4, 0.5) is 0 Å². The molecule has 1 amide bonds. The first-order valence-corrected chi connectivity index (χ1v) is 21.8. The molecule has 60 heavy (non-hydrogen) atoms. The number of nitrogens with one attached hydrogen (secondary N) is 2. The number of ether oxygens (including phenoxy) is 6. The highest BCUT2D eigenvalue weighted by atomic mass is 79.9. The van der Waals surface area contributed by atoms with Crippen molar-refractivity contribution in [2.24, 2.45) is 5.92 Å². The van der Waals surface area contributed by atoms with E-state index < -0.39 is 0 Å². The summed E-state index contributed by atoms with van der Waals surface area (Å²) in [6.07, 6.45) is 9.62. The largest absolute Gasteiger partial charge is 0.493 e. The van der Waals surface area contributed by atoms with Crippen LogP contribution in [0, 0.1) is 5.92 Å². The minimum atomic E-state index is -0.222. The van der Waals surface area contributed by atoms with Gasteiger partial charge in [0, 0.05) is 61.0 Å². The third kappa shape index (κ3) is 12.1. The van der Waals surface area contributed by atoms with Crippen molar-refractivity contribution in [1.82, 2.24) is 10.6 Å². The van der Waals surface area contributed by atoms with Gasteiger partial charge < -0.3 is 39.1 Å². The molecule has 0 spiro atoms. The van der Waals surface area contributed by atoms with Gasteiger partial charge in [0.1, 0.15) is 29.3 Å². The van der Waals surface area contributed by atoms with Gasteiger partial charge in [0.15, 0.2) is 6.29 Å². The van der Waals surface area contributed by atoms with Crippen LogP contribution in [0.15, 0.2) is 96.0 Å². The molecule has 10 nitrogen and oxygen atoms in total. The zero-order chi connectivity index (χ0) is 42.3. The monoisotopic (exact) mass is 880 g/mol. The fourth-order valence-electron chi connectivity index (χ4n) is 7.89. The highest BCUT2D eigenvalue weighted by Gasteiger charge is 2.33. The third-order valence-corrected chi connectivity index (χ3v) is 11.5. The number of halogens is 1. The van der Waals surface area contributed by atoms with Gasteiger partial charge in [-0.15, -0.1) is 0 Å².